The fourth-order valence-corrected chi connectivity index (χ4v) is 1.54. The lowest BCUT2D eigenvalue weighted by Crippen LogP contribution is -2.04. The van der Waals surface area contributed by atoms with Gasteiger partial charge in [-0.05, 0) is 12.1 Å². The van der Waals surface area contributed by atoms with Gasteiger partial charge in [-0.2, -0.15) is 0 Å². The van der Waals surface area contributed by atoms with Crippen LogP contribution in [0.3, 0.4) is 0 Å². The second kappa shape index (κ2) is 6.68. The van der Waals surface area contributed by atoms with E-state index in [9.17, 15) is 4.79 Å². The minimum atomic E-state index is -0.132. The normalized spacial score (nSPS) is 10.4. The largest absolute Gasteiger partial charge is 0.493 e. The number of carbonyl (C=O) groups excluding carboxylic acids is 1. The van der Waals surface area contributed by atoms with Gasteiger partial charge in [-0.3, -0.25) is 4.79 Å². The van der Waals surface area contributed by atoms with Crippen molar-refractivity contribution in [2.45, 2.75) is 0 Å². The number of rotatable bonds is 6. The summed E-state index contributed by atoms with van der Waals surface area (Å²) >= 11 is 0. The number of hydrogen-bond donors (Lipinski definition) is 0. The molecule has 0 radical (unpaired) electrons. The second-order valence-electron chi connectivity index (χ2n) is 4.06. The standard InChI is InChI=1S/C14H19NO4/c1-15(2)7-6-11(16)10-8-12(17-3)14(19-5)13(9-10)18-4/h6-9H,1-5H3/b7-6+. The zero-order valence-corrected chi connectivity index (χ0v) is 11.9. The van der Waals surface area contributed by atoms with E-state index in [-0.39, 0.29) is 5.78 Å². The van der Waals surface area contributed by atoms with Crippen LogP contribution in [0, 0.1) is 0 Å². The highest BCUT2D eigenvalue weighted by Crippen LogP contribution is 2.38. The molecule has 1 aromatic rings. The number of benzene rings is 1. The van der Waals surface area contributed by atoms with E-state index in [0.29, 0.717) is 22.8 Å². The molecule has 104 valence electrons. The molecule has 0 aromatic heterocycles. The average molecular weight is 265 g/mol. The van der Waals surface area contributed by atoms with Crippen LogP contribution in [0.4, 0.5) is 0 Å². The molecule has 0 unspecified atom stereocenters. The number of allylic oxidation sites excluding steroid dienone is 1. The van der Waals surface area contributed by atoms with Crippen LogP contribution < -0.4 is 14.2 Å². The summed E-state index contributed by atoms with van der Waals surface area (Å²) in [4.78, 5) is 13.8. The Morgan fingerprint density at radius 1 is 1.05 bits per heavy atom. The van der Waals surface area contributed by atoms with Gasteiger partial charge in [-0.25, -0.2) is 0 Å². The molecule has 5 heteroatoms. The highest BCUT2D eigenvalue weighted by Gasteiger charge is 2.15. The van der Waals surface area contributed by atoms with Crippen LogP contribution >= 0.6 is 0 Å². The maximum atomic E-state index is 12.0. The van der Waals surface area contributed by atoms with Crippen molar-refractivity contribution in [3.63, 3.8) is 0 Å². The number of methoxy groups -OCH3 is 3. The molecule has 0 saturated carbocycles. The third-order valence-electron chi connectivity index (χ3n) is 2.47. The summed E-state index contributed by atoms with van der Waals surface area (Å²) in [6, 6.07) is 3.26. The van der Waals surface area contributed by atoms with Crippen molar-refractivity contribution in [3.05, 3.63) is 30.0 Å². The van der Waals surface area contributed by atoms with E-state index in [1.165, 1.54) is 27.4 Å². The Bertz CT molecular complexity index is 455. The minimum absolute atomic E-state index is 0.132. The van der Waals surface area contributed by atoms with Crippen molar-refractivity contribution >= 4 is 5.78 Å². The third-order valence-corrected chi connectivity index (χ3v) is 2.47. The second-order valence-corrected chi connectivity index (χ2v) is 4.06. The number of ketones is 1. The quantitative estimate of drug-likeness (QED) is 0.581. The first-order valence-electron chi connectivity index (χ1n) is 5.72. The van der Waals surface area contributed by atoms with Gasteiger partial charge in [-0.1, -0.05) is 0 Å². The summed E-state index contributed by atoms with van der Waals surface area (Å²) in [6.45, 7) is 0. The van der Waals surface area contributed by atoms with Gasteiger partial charge in [0.05, 0.1) is 21.3 Å². The number of hydrogen-bond acceptors (Lipinski definition) is 5. The Labute approximate surface area is 113 Å². The predicted molar refractivity (Wildman–Crippen MR) is 73.3 cm³/mol. The van der Waals surface area contributed by atoms with Crippen molar-refractivity contribution in [1.29, 1.82) is 0 Å². The topological polar surface area (TPSA) is 48.0 Å². The number of carbonyl (C=O) groups is 1. The van der Waals surface area contributed by atoms with E-state index in [2.05, 4.69) is 0 Å². The van der Waals surface area contributed by atoms with E-state index in [0.717, 1.165) is 0 Å². The first-order valence-corrected chi connectivity index (χ1v) is 5.72. The van der Waals surface area contributed by atoms with Gasteiger partial charge < -0.3 is 19.1 Å². The molecule has 0 heterocycles. The maximum Gasteiger partial charge on any atom is 0.203 e. The molecule has 0 aliphatic carbocycles. The molecule has 0 saturated heterocycles. The molecular formula is C14H19NO4. The Morgan fingerprint density at radius 2 is 1.58 bits per heavy atom. The molecule has 0 atom stereocenters. The Hall–Kier alpha value is -2.17. The van der Waals surface area contributed by atoms with E-state index >= 15 is 0 Å². The highest BCUT2D eigenvalue weighted by molar-refractivity contribution is 6.05. The lowest BCUT2D eigenvalue weighted by atomic mass is 10.1. The Kier molecular flexibility index (Phi) is 5.23. The summed E-state index contributed by atoms with van der Waals surface area (Å²) in [6.07, 6.45) is 3.17. The molecule has 19 heavy (non-hydrogen) atoms. The highest BCUT2D eigenvalue weighted by atomic mass is 16.5. The zero-order chi connectivity index (χ0) is 14.4. The smallest absolute Gasteiger partial charge is 0.203 e. The summed E-state index contributed by atoms with van der Waals surface area (Å²) in [5, 5.41) is 0. The fourth-order valence-electron chi connectivity index (χ4n) is 1.54. The molecule has 0 bridgehead atoms. The maximum absolute atomic E-state index is 12.0. The van der Waals surface area contributed by atoms with Crippen LogP contribution in [-0.4, -0.2) is 46.1 Å². The van der Waals surface area contributed by atoms with Crippen LogP contribution in [0.1, 0.15) is 10.4 Å². The Morgan fingerprint density at radius 3 is 1.95 bits per heavy atom. The zero-order valence-electron chi connectivity index (χ0n) is 11.9. The van der Waals surface area contributed by atoms with Gasteiger partial charge in [0.1, 0.15) is 0 Å². The first kappa shape index (κ1) is 14.9. The van der Waals surface area contributed by atoms with Gasteiger partial charge in [0.25, 0.3) is 0 Å². The van der Waals surface area contributed by atoms with Gasteiger partial charge in [-0.15, -0.1) is 0 Å². The van der Waals surface area contributed by atoms with E-state index in [1.54, 1.807) is 23.2 Å². The molecule has 0 aliphatic heterocycles. The van der Waals surface area contributed by atoms with Crippen LogP contribution in [-0.2, 0) is 0 Å². The number of ether oxygens (including phenoxy) is 3. The van der Waals surface area contributed by atoms with Crippen LogP contribution in [0.15, 0.2) is 24.4 Å². The van der Waals surface area contributed by atoms with Gasteiger partial charge in [0.15, 0.2) is 17.3 Å². The monoisotopic (exact) mass is 265 g/mol. The SMILES string of the molecule is COc1cc(C(=O)/C=C/N(C)C)cc(OC)c1OC. The van der Waals surface area contributed by atoms with E-state index in [1.807, 2.05) is 14.1 Å². The molecule has 0 N–H and O–H groups in total. The van der Waals surface area contributed by atoms with Gasteiger partial charge in [0.2, 0.25) is 5.75 Å². The fraction of sp³-hybridized carbons (Fsp3) is 0.357. The summed E-state index contributed by atoms with van der Waals surface area (Å²) in [5.41, 5.74) is 0.479. The summed E-state index contributed by atoms with van der Waals surface area (Å²) in [5.74, 6) is 1.26. The molecule has 0 fully saturated rings. The van der Waals surface area contributed by atoms with E-state index < -0.39 is 0 Å². The summed E-state index contributed by atoms with van der Waals surface area (Å²) < 4.78 is 15.6. The summed E-state index contributed by atoms with van der Waals surface area (Å²) in [7, 11) is 8.24. The van der Waals surface area contributed by atoms with Crippen LogP contribution in [0.25, 0.3) is 0 Å². The van der Waals surface area contributed by atoms with Gasteiger partial charge >= 0.3 is 0 Å². The number of nitrogens with zero attached hydrogens (tertiary/aromatic N) is 1. The minimum Gasteiger partial charge on any atom is -0.493 e. The molecule has 0 aliphatic rings. The molecule has 5 nitrogen and oxygen atoms in total. The Balaban J connectivity index is 3.19. The van der Waals surface area contributed by atoms with Crippen molar-refractivity contribution in [2.24, 2.45) is 0 Å². The molecule has 1 aromatic carbocycles. The molecule has 0 amide bonds. The third kappa shape index (κ3) is 3.64. The first-order chi connectivity index (χ1) is 9.03. The molecule has 1 rings (SSSR count). The van der Waals surface area contributed by atoms with E-state index in [4.69, 9.17) is 14.2 Å². The lowest BCUT2D eigenvalue weighted by Gasteiger charge is -2.13. The lowest BCUT2D eigenvalue weighted by molar-refractivity contribution is 0.104. The predicted octanol–water partition coefficient (Wildman–Crippen LogP) is 1.97. The molecule has 0 spiro atoms. The molecular weight excluding hydrogens is 246 g/mol. The van der Waals surface area contributed by atoms with Crippen molar-refractivity contribution in [1.82, 2.24) is 4.90 Å². The van der Waals surface area contributed by atoms with Crippen molar-refractivity contribution in [3.8, 4) is 17.2 Å². The van der Waals surface area contributed by atoms with Crippen LogP contribution in [0.5, 0.6) is 17.2 Å². The van der Waals surface area contributed by atoms with Crippen LogP contribution in [0.2, 0.25) is 0 Å². The van der Waals surface area contributed by atoms with Gasteiger partial charge in [0, 0.05) is 31.9 Å². The van der Waals surface area contributed by atoms with Crippen molar-refractivity contribution in [2.75, 3.05) is 35.4 Å². The average Bonchev–Trinajstić information content (AvgIpc) is 2.42. The van der Waals surface area contributed by atoms with Crippen molar-refractivity contribution < 1.29 is 19.0 Å².